The van der Waals surface area contributed by atoms with E-state index in [0.717, 1.165) is 16.7 Å². The van der Waals surface area contributed by atoms with Crippen LogP contribution in [-0.2, 0) is 20.9 Å². The lowest BCUT2D eigenvalue weighted by atomic mass is 10.1. The molecule has 1 aliphatic rings. The number of rotatable bonds is 7. The molecule has 32 heavy (non-hydrogen) atoms. The fourth-order valence-electron chi connectivity index (χ4n) is 2.92. The Labute approximate surface area is 192 Å². The third kappa shape index (κ3) is 5.12. The smallest absolute Gasteiger partial charge is 0.335 e. The topological polar surface area (TPSA) is 110 Å². The molecule has 1 N–H and O–H groups in total. The minimum atomic E-state index is -1.03. The largest absolute Gasteiger partial charge is 0.487 e. The van der Waals surface area contributed by atoms with Gasteiger partial charge in [0, 0.05) is 0 Å². The highest BCUT2D eigenvalue weighted by molar-refractivity contribution is 8.18. The third-order valence-corrected chi connectivity index (χ3v) is 5.75. The van der Waals surface area contributed by atoms with E-state index in [9.17, 15) is 19.2 Å². The Morgan fingerprint density at radius 1 is 1.22 bits per heavy atom. The van der Waals surface area contributed by atoms with Gasteiger partial charge in [0.05, 0.1) is 22.6 Å². The predicted octanol–water partition coefficient (Wildman–Crippen LogP) is 4.22. The second-order valence-electron chi connectivity index (χ2n) is 6.73. The molecule has 1 atom stereocenters. The number of methoxy groups -OCH3 is 1. The Hall–Kier alpha value is -3.30. The summed E-state index contributed by atoms with van der Waals surface area (Å²) in [5, 5.41) is 8.78. The van der Waals surface area contributed by atoms with Gasteiger partial charge >= 0.3 is 11.9 Å². The van der Waals surface area contributed by atoms with Crippen molar-refractivity contribution >= 4 is 52.5 Å². The molecule has 166 valence electrons. The first kappa shape index (κ1) is 23.4. The number of thioether (sulfide) groups is 1. The molecule has 10 heteroatoms. The number of imide groups is 1. The maximum absolute atomic E-state index is 12.6. The van der Waals surface area contributed by atoms with Gasteiger partial charge in [-0.3, -0.25) is 14.5 Å². The highest BCUT2D eigenvalue weighted by Crippen LogP contribution is 2.35. The summed E-state index contributed by atoms with van der Waals surface area (Å²) >= 11 is 7.01. The van der Waals surface area contributed by atoms with Crippen molar-refractivity contribution in [1.82, 2.24) is 4.90 Å². The highest BCUT2D eigenvalue weighted by Gasteiger charge is 2.41. The van der Waals surface area contributed by atoms with Crippen LogP contribution in [0.3, 0.4) is 0 Å². The Kier molecular flexibility index (Phi) is 7.22. The van der Waals surface area contributed by atoms with E-state index in [-0.39, 0.29) is 22.1 Å². The van der Waals surface area contributed by atoms with E-state index in [0.29, 0.717) is 16.9 Å². The standard InChI is InChI=1S/C22H18ClNO7S/c1-12(21(28)30-2)24-19(25)18(32-22(24)29)10-13-6-7-17(16(23)9-13)31-11-14-4-3-5-15(8-14)20(26)27/h3-10,12H,11H2,1-2H3,(H,26,27)/b18-10+/t12-/m1/s1. The van der Waals surface area contributed by atoms with Crippen LogP contribution < -0.4 is 4.74 Å². The summed E-state index contributed by atoms with van der Waals surface area (Å²) in [5.74, 6) is -1.93. The maximum atomic E-state index is 12.6. The van der Waals surface area contributed by atoms with Gasteiger partial charge in [0.2, 0.25) is 0 Å². The zero-order valence-electron chi connectivity index (χ0n) is 17.0. The van der Waals surface area contributed by atoms with E-state index < -0.39 is 29.1 Å². The van der Waals surface area contributed by atoms with Crippen molar-refractivity contribution in [1.29, 1.82) is 0 Å². The SMILES string of the molecule is COC(=O)[C@@H](C)N1C(=O)S/C(=C/c2ccc(OCc3cccc(C(=O)O)c3)c(Cl)c2)C1=O. The Balaban J connectivity index is 1.72. The van der Waals surface area contributed by atoms with Gasteiger partial charge in [-0.15, -0.1) is 0 Å². The molecule has 8 nitrogen and oxygen atoms in total. The van der Waals surface area contributed by atoms with Crippen molar-refractivity contribution in [2.24, 2.45) is 0 Å². The molecule has 1 fully saturated rings. The molecule has 3 rings (SSSR count). The molecule has 0 aliphatic carbocycles. The molecule has 1 saturated heterocycles. The molecule has 0 aromatic heterocycles. The number of amides is 2. The van der Waals surface area contributed by atoms with E-state index >= 15 is 0 Å². The molecular formula is C22H18ClNO7S. The fourth-order valence-corrected chi connectivity index (χ4v) is 4.07. The fraction of sp³-hybridized carbons (Fsp3) is 0.182. The van der Waals surface area contributed by atoms with E-state index in [1.54, 1.807) is 30.3 Å². The van der Waals surface area contributed by atoms with Crippen LogP contribution in [0.4, 0.5) is 4.79 Å². The predicted molar refractivity (Wildman–Crippen MR) is 118 cm³/mol. The van der Waals surface area contributed by atoms with Gasteiger partial charge in [-0.05, 0) is 60.2 Å². The number of benzene rings is 2. The molecule has 0 bridgehead atoms. The van der Waals surface area contributed by atoms with Gasteiger partial charge in [0.25, 0.3) is 11.1 Å². The zero-order valence-corrected chi connectivity index (χ0v) is 18.6. The highest BCUT2D eigenvalue weighted by atomic mass is 35.5. The van der Waals surface area contributed by atoms with Gasteiger partial charge in [-0.25, -0.2) is 9.59 Å². The summed E-state index contributed by atoms with van der Waals surface area (Å²) in [6.45, 7) is 1.53. The third-order valence-electron chi connectivity index (χ3n) is 4.58. The number of halogens is 1. The second-order valence-corrected chi connectivity index (χ2v) is 8.14. The maximum Gasteiger partial charge on any atom is 0.335 e. The number of carboxylic acids is 1. The van der Waals surface area contributed by atoms with Crippen molar-refractivity contribution in [2.45, 2.75) is 19.6 Å². The number of esters is 1. The van der Waals surface area contributed by atoms with E-state index in [2.05, 4.69) is 4.74 Å². The number of ether oxygens (including phenoxy) is 2. The number of aromatic carboxylic acids is 1. The molecule has 0 saturated carbocycles. The average molecular weight is 476 g/mol. The number of nitrogens with zero attached hydrogens (tertiary/aromatic N) is 1. The first-order chi connectivity index (χ1) is 15.2. The average Bonchev–Trinajstić information content (AvgIpc) is 3.04. The zero-order chi connectivity index (χ0) is 23.4. The minimum Gasteiger partial charge on any atom is -0.487 e. The Morgan fingerprint density at radius 2 is 1.97 bits per heavy atom. The monoisotopic (exact) mass is 475 g/mol. The molecule has 0 radical (unpaired) electrons. The summed E-state index contributed by atoms with van der Waals surface area (Å²) < 4.78 is 10.3. The van der Waals surface area contributed by atoms with Crippen LogP contribution in [0.15, 0.2) is 47.4 Å². The molecule has 2 amide bonds. The van der Waals surface area contributed by atoms with Crippen LogP contribution in [0.2, 0.25) is 5.02 Å². The van der Waals surface area contributed by atoms with E-state index in [1.807, 2.05) is 0 Å². The first-order valence-corrected chi connectivity index (χ1v) is 10.5. The molecule has 0 unspecified atom stereocenters. The normalized spacial score (nSPS) is 15.7. The van der Waals surface area contributed by atoms with Crippen LogP contribution in [0.1, 0.15) is 28.4 Å². The summed E-state index contributed by atoms with van der Waals surface area (Å²) in [7, 11) is 1.18. The van der Waals surface area contributed by atoms with E-state index in [4.69, 9.17) is 21.4 Å². The molecule has 2 aromatic rings. The van der Waals surface area contributed by atoms with Crippen molar-refractivity contribution in [2.75, 3.05) is 7.11 Å². The van der Waals surface area contributed by atoms with Gasteiger partial charge in [-0.1, -0.05) is 29.8 Å². The van der Waals surface area contributed by atoms with Gasteiger partial charge in [0.1, 0.15) is 18.4 Å². The lowest BCUT2D eigenvalue weighted by molar-refractivity contribution is -0.148. The summed E-state index contributed by atoms with van der Waals surface area (Å²) in [5.41, 5.74) is 1.38. The Bertz CT molecular complexity index is 1130. The summed E-state index contributed by atoms with van der Waals surface area (Å²) in [6.07, 6.45) is 1.50. The number of carboxylic acid groups (broad SMARTS) is 1. The number of hydrogen-bond donors (Lipinski definition) is 1. The van der Waals surface area contributed by atoms with Gasteiger partial charge < -0.3 is 14.6 Å². The second kappa shape index (κ2) is 9.88. The number of hydrogen-bond acceptors (Lipinski definition) is 7. The molecule has 1 heterocycles. The minimum absolute atomic E-state index is 0.116. The lowest BCUT2D eigenvalue weighted by Gasteiger charge is -2.18. The van der Waals surface area contributed by atoms with Crippen molar-refractivity contribution in [3.05, 3.63) is 69.1 Å². The van der Waals surface area contributed by atoms with Crippen LogP contribution in [0, 0.1) is 0 Å². The van der Waals surface area contributed by atoms with Crippen LogP contribution in [-0.4, -0.2) is 46.2 Å². The van der Waals surface area contributed by atoms with Gasteiger partial charge in [-0.2, -0.15) is 0 Å². The lowest BCUT2D eigenvalue weighted by Crippen LogP contribution is -2.42. The van der Waals surface area contributed by atoms with E-state index in [1.165, 1.54) is 32.2 Å². The molecular weight excluding hydrogens is 458 g/mol. The Morgan fingerprint density at radius 3 is 2.62 bits per heavy atom. The number of carbonyl (C=O) groups is 4. The quantitative estimate of drug-likeness (QED) is 0.468. The van der Waals surface area contributed by atoms with Crippen molar-refractivity contribution in [3.63, 3.8) is 0 Å². The van der Waals surface area contributed by atoms with Crippen LogP contribution >= 0.6 is 23.4 Å². The number of carbonyl (C=O) groups excluding carboxylic acids is 3. The first-order valence-electron chi connectivity index (χ1n) is 9.30. The summed E-state index contributed by atoms with van der Waals surface area (Å²) in [6, 6.07) is 10.2. The molecule has 2 aromatic carbocycles. The summed E-state index contributed by atoms with van der Waals surface area (Å²) in [4.78, 5) is 48.5. The molecule has 1 aliphatic heterocycles. The van der Waals surface area contributed by atoms with Crippen molar-refractivity contribution < 1.29 is 33.8 Å². The van der Waals surface area contributed by atoms with Crippen LogP contribution in [0.25, 0.3) is 6.08 Å². The van der Waals surface area contributed by atoms with Gasteiger partial charge in [0.15, 0.2) is 0 Å². The molecule has 0 spiro atoms. The van der Waals surface area contributed by atoms with Crippen LogP contribution in [0.5, 0.6) is 5.75 Å². The van der Waals surface area contributed by atoms with Crippen molar-refractivity contribution in [3.8, 4) is 5.75 Å².